The molecule has 15 heavy (non-hydrogen) atoms. The molecule has 0 aromatic carbocycles. The highest BCUT2D eigenvalue weighted by molar-refractivity contribution is 5.81. The Bertz CT molecular complexity index is 230. The first-order valence-electron chi connectivity index (χ1n) is 5.52. The Morgan fingerprint density at radius 3 is 3.13 bits per heavy atom. The fourth-order valence-electron chi connectivity index (χ4n) is 1.90. The number of nitrogens with zero attached hydrogens (tertiary/aromatic N) is 1. The average Bonchev–Trinajstić information content (AvgIpc) is 2.25. The summed E-state index contributed by atoms with van der Waals surface area (Å²) in [6, 6.07) is 0.366. The van der Waals surface area contributed by atoms with Crippen LogP contribution in [0.3, 0.4) is 0 Å². The highest BCUT2D eigenvalue weighted by Crippen LogP contribution is 2.07. The molecular formula is C11H21N3O. The Morgan fingerprint density at radius 2 is 2.53 bits per heavy atom. The summed E-state index contributed by atoms with van der Waals surface area (Å²) in [5.74, 6) is 0.0867. The van der Waals surface area contributed by atoms with Gasteiger partial charge in [-0.3, -0.25) is 9.69 Å². The summed E-state index contributed by atoms with van der Waals surface area (Å²) < 4.78 is 0. The first kappa shape index (κ1) is 12.2. The highest BCUT2D eigenvalue weighted by Gasteiger charge is 2.26. The first-order valence-corrected chi connectivity index (χ1v) is 5.52. The van der Waals surface area contributed by atoms with Crippen LogP contribution in [-0.2, 0) is 4.79 Å². The molecule has 1 unspecified atom stereocenters. The van der Waals surface area contributed by atoms with Crippen LogP contribution in [0.5, 0.6) is 0 Å². The topological polar surface area (TPSA) is 44.4 Å². The molecule has 1 aliphatic rings. The zero-order chi connectivity index (χ0) is 11.3. The van der Waals surface area contributed by atoms with Crippen LogP contribution in [0.1, 0.15) is 13.8 Å². The van der Waals surface area contributed by atoms with E-state index in [1.165, 1.54) is 0 Å². The van der Waals surface area contributed by atoms with E-state index in [2.05, 4.69) is 29.0 Å². The molecule has 1 saturated heterocycles. The van der Waals surface area contributed by atoms with Gasteiger partial charge in [0, 0.05) is 32.2 Å². The molecule has 0 radical (unpaired) electrons. The molecule has 0 spiro atoms. The Labute approximate surface area is 91.7 Å². The zero-order valence-corrected chi connectivity index (χ0v) is 9.62. The summed E-state index contributed by atoms with van der Waals surface area (Å²) in [5.41, 5.74) is 0. The molecule has 4 heteroatoms. The summed E-state index contributed by atoms with van der Waals surface area (Å²) in [6.45, 7) is 11.1. The maximum Gasteiger partial charge on any atom is 0.237 e. The van der Waals surface area contributed by atoms with Crippen molar-refractivity contribution in [3.63, 3.8) is 0 Å². The van der Waals surface area contributed by atoms with Crippen LogP contribution in [-0.4, -0.2) is 49.1 Å². The number of rotatable bonds is 4. The molecule has 0 aromatic rings. The van der Waals surface area contributed by atoms with Crippen LogP contribution in [0.15, 0.2) is 12.7 Å². The molecule has 86 valence electrons. The summed E-state index contributed by atoms with van der Waals surface area (Å²) in [7, 11) is 0. The Morgan fingerprint density at radius 1 is 1.80 bits per heavy atom. The van der Waals surface area contributed by atoms with E-state index in [-0.39, 0.29) is 11.9 Å². The molecule has 1 heterocycles. The summed E-state index contributed by atoms with van der Waals surface area (Å²) in [4.78, 5) is 14.0. The molecule has 1 fully saturated rings. The fourth-order valence-corrected chi connectivity index (χ4v) is 1.90. The summed E-state index contributed by atoms with van der Waals surface area (Å²) in [6.07, 6.45) is 1.70. The summed E-state index contributed by atoms with van der Waals surface area (Å²) >= 11 is 0. The quantitative estimate of drug-likeness (QED) is 0.642. The van der Waals surface area contributed by atoms with Crippen molar-refractivity contribution < 1.29 is 4.79 Å². The molecule has 0 aromatic heterocycles. The molecular weight excluding hydrogens is 190 g/mol. The van der Waals surface area contributed by atoms with Crippen molar-refractivity contribution in [2.75, 3.05) is 26.2 Å². The lowest BCUT2D eigenvalue weighted by atomic mass is 10.1. The van der Waals surface area contributed by atoms with Gasteiger partial charge in [0.15, 0.2) is 0 Å². The normalized spacial score (nSPS) is 24.5. The Hall–Kier alpha value is -0.870. The highest BCUT2D eigenvalue weighted by atomic mass is 16.2. The number of hydrogen-bond acceptors (Lipinski definition) is 3. The number of amides is 1. The molecule has 1 aliphatic heterocycles. The van der Waals surface area contributed by atoms with Crippen LogP contribution < -0.4 is 10.6 Å². The zero-order valence-electron chi connectivity index (χ0n) is 9.62. The minimum absolute atomic E-state index is 0.0537. The maximum atomic E-state index is 11.7. The molecule has 0 bridgehead atoms. The number of hydrogen-bond donors (Lipinski definition) is 2. The molecule has 1 amide bonds. The minimum atomic E-state index is -0.0537. The molecule has 4 nitrogen and oxygen atoms in total. The molecule has 2 N–H and O–H groups in total. The van der Waals surface area contributed by atoms with Crippen molar-refractivity contribution in [2.24, 2.45) is 0 Å². The van der Waals surface area contributed by atoms with Gasteiger partial charge in [-0.05, 0) is 13.8 Å². The van der Waals surface area contributed by atoms with Crippen molar-refractivity contribution in [3.8, 4) is 0 Å². The van der Waals surface area contributed by atoms with Crippen LogP contribution in [0, 0.1) is 0 Å². The van der Waals surface area contributed by atoms with Crippen molar-refractivity contribution in [1.29, 1.82) is 0 Å². The third kappa shape index (κ3) is 3.32. The minimum Gasteiger partial charge on any atom is -0.351 e. The van der Waals surface area contributed by atoms with Crippen LogP contribution in [0.2, 0.25) is 0 Å². The Kier molecular flexibility index (Phi) is 4.78. The molecule has 0 aliphatic carbocycles. The lowest BCUT2D eigenvalue weighted by Crippen LogP contribution is -2.57. The van der Waals surface area contributed by atoms with Gasteiger partial charge in [-0.1, -0.05) is 6.08 Å². The lowest BCUT2D eigenvalue weighted by molar-refractivity contribution is -0.126. The van der Waals surface area contributed by atoms with Crippen LogP contribution >= 0.6 is 0 Å². The van der Waals surface area contributed by atoms with Crippen LogP contribution in [0.4, 0.5) is 0 Å². The van der Waals surface area contributed by atoms with Gasteiger partial charge in [0.25, 0.3) is 0 Å². The molecule has 2 atom stereocenters. The van der Waals surface area contributed by atoms with Crippen molar-refractivity contribution >= 4 is 5.91 Å². The predicted octanol–water partition coefficient (Wildman–Crippen LogP) is -0.0292. The van der Waals surface area contributed by atoms with E-state index in [0.717, 1.165) is 19.6 Å². The van der Waals surface area contributed by atoms with Gasteiger partial charge in [0.05, 0.1) is 6.04 Å². The number of nitrogens with one attached hydrogen (secondary N) is 2. The third-order valence-electron chi connectivity index (χ3n) is 2.85. The monoisotopic (exact) mass is 211 g/mol. The van der Waals surface area contributed by atoms with Gasteiger partial charge in [0.1, 0.15) is 0 Å². The standard InChI is InChI=1S/C11H21N3O/c1-4-5-13-11(15)10(3)14-7-6-12-8-9(14)2/h4,9-10,12H,1,5-8H2,2-3H3,(H,13,15)/t9-,10?/m0/s1. The van der Waals surface area contributed by atoms with Gasteiger partial charge in [-0.2, -0.15) is 0 Å². The van der Waals surface area contributed by atoms with Crippen molar-refractivity contribution in [3.05, 3.63) is 12.7 Å². The summed E-state index contributed by atoms with van der Waals surface area (Å²) in [5, 5.41) is 6.14. The van der Waals surface area contributed by atoms with E-state index in [1.807, 2.05) is 6.92 Å². The maximum absolute atomic E-state index is 11.7. The van der Waals surface area contributed by atoms with Crippen LogP contribution in [0.25, 0.3) is 0 Å². The molecule has 0 saturated carbocycles. The van der Waals surface area contributed by atoms with E-state index in [0.29, 0.717) is 12.6 Å². The van der Waals surface area contributed by atoms with E-state index in [4.69, 9.17) is 0 Å². The fraction of sp³-hybridized carbons (Fsp3) is 0.727. The number of piperazine rings is 1. The second-order valence-corrected chi connectivity index (χ2v) is 4.00. The van der Waals surface area contributed by atoms with E-state index >= 15 is 0 Å². The van der Waals surface area contributed by atoms with E-state index in [1.54, 1.807) is 6.08 Å². The third-order valence-corrected chi connectivity index (χ3v) is 2.85. The number of carbonyl (C=O) groups excluding carboxylic acids is 1. The SMILES string of the molecule is C=CCNC(=O)C(C)N1CCNC[C@@H]1C. The first-order chi connectivity index (χ1) is 7.16. The lowest BCUT2D eigenvalue weighted by Gasteiger charge is -2.37. The number of carbonyl (C=O) groups is 1. The van der Waals surface area contributed by atoms with Gasteiger partial charge in [-0.15, -0.1) is 6.58 Å². The van der Waals surface area contributed by atoms with Gasteiger partial charge in [-0.25, -0.2) is 0 Å². The predicted molar refractivity (Wildman–Crippen MR) is 61.7 cm³/mol. The average molecular weight is 211 g/mol. The van der Waals surface area contributed by atoms with Crippen molar-refractivity contribution in [2.45, 2.75) is 25.9 Å². The largest absolute Gasteiger partial charge is 0.351 e. The van der Waals surface area contributed by atoms with Gasteiger partial charge in [0.2, 0.25) is 5.91 Å². The second-order valence-electron chi connectivity index (χ2n) is 4.00. The second kappa shape index (κ2) is 5.88. The smallest absolute Gasteiger partial charge is 0.237 e. The van der Waals surface area contributed by atoms with E-state index < -0.39 is 0 Å². The Balaban J connectivity index is 2.46. The van der Waals surface area contributed by atoms with E-state index in [9.17, 15) is 4.79 Å². The molecule has 1 rings (SSSR count). The van der Waals surface area contributed by atoms with Crippen molar-refractivity contribution in [1.82, 2.24) is 15.5 Å². The van der Waals surface area contributed by atoms with Gasteiger partial charge >= 0.3 is 0 Å². The van der Waals surface area contributed by atoms with Gasteiger partial charge < -0.3 is 10.6 Å².